The average molecular weight is 436 g/mol. The molecule has 0 aliphatic rings. The third kappa shape index (κ3) is 3.11. The predicted molar refractivity (Wildman–Crippen MR) is 130 cm³/mol. The molecule has 0 fully saturated rings. The first-order chi connectivity index (χ1) is 15.9. The molecular weight excluding hydrogens is 413 g/mol. The second kappa shape index (κ2) is 7.01. The fourth-order valence-electron chi connectivity index (χ4n) is 4.33. The van der Waals surface area contributed by atoms with Crippen molar-refractivity contribution in [2.45, 2.75) is 26.2 Å². The van der Waals surface area contributed by atoms with E-state index in [0.717, 1.165) is 44.6 Å². The monoisotopic (exact) mass is 435 g/mol. The van der Waals surface area contributed by atoms with Crippen LogP contribution in [0.3, 0.4) is 0 Å². The molecule has 3 aromatic heterocycles. The van der Waals surface area contributed by atoms with Crippen LogP contribution in [-0.2, 0) is 5.41 Å². The molecule has 0 N–H and O–H groups in total. The number of imidazole rings is 1. The predicted octanol–water partition coefficient (Wildman–Crippen LogP) is 7.42. The van der Waals surface area contributed by atoms with Crippen molar-refractivity contribution < 1.29 is 8.81 Å². The highest BCUT2D eigenvalue weighted by atomic mass is 19.1. The first kappa shape index (κ1) is 19.7. The minimum atomic E-state index is -0.321. The van der Waals surface area contributed by atoms with Gasteiger partial charge in [-0.25, -0.2) is 14.4 Å². The molecule has 0 radical (unpaired) electrons. The molecule has 0 aliphatic heterocycles. The smallest absolute Gasteiger partial charge is 0.164 e. The van der Waals surface area contributed by atoms with Gasteiger partial charge in [0.05, 0.1) is 5.56 Å². The fraction of sp³-hybridized carbons (Fsp3) is 0.143. The second-order valence-corrected chi connectivity index (χ2v) is 9.35. The molecule has 0 saturated heterocycles. The number of benzene rings is 3. The summed E-state index contributed by atoms with van der Waals surface area (Å²) >= 11 is 0. The summed E-state index contributed by atoms with van der Waals surface area (Å²) in [4.78, 5) is 9.86. The summed E-state index contributed by atoms with van der Waals surface area (Å²) < 4.78 is 22.1. The van der Waals surface area contributed by atoms with Gasteiger partial charge in [0, 0.05) is 28.7 Å². The fourth-order valence-corrected chi connectivity index (χ4v) is 4.33. The Labute approximate surface area is 190 Å². The lowest BCUT2D eigenvalue weighted by Gasteiger charge is -2.18. The van der Waals surface area contributed by atoms with Gasteiger partial charge in [-0.2, -0.15) is 0 Å². The van der Waals surface area contributed by atoms with Crippen LogP contribution in [0.2, 0.25) is 0 Å². The molecule has 33 heavy (non-hydrogen) atoms. The molecule has 0 bridgehead atoms. The Kier molecular flexibility index (Phi) is 4.18. The third-order valence-electron chi connectivity index (χ3n) is 6.08. The van der Waals surface area contributed by atoms with E-state index in [-0.39, 0.29) is 11.2 Å². The normalized spacial score (nSPS) is 12.2. The van der Waals surface area contributed by atoms with Gasteiger partial charge in [0.2, 0.25) is 0 Å². The topological polar surface area (TPSA) is 43.9 Å². The Morgan fingerprint density at radius 2 is 1.70 bits per heavy atom. The lowest BCUT2D eigenvalue weighted by atomic mass is 9.88. The number of aromatic nitrogens is 3. The summed E-state index contributed by atoms with van der Waals surface area (Å²) in [5.74, 6) is 0.415. The number of pyridine rings is 1. The Morgan fingerprint density at radius 3 is 2.48 bits per heavy atom. The molecule has 0 amide bonds. The molecule has 0 saturated carbocycles. The van der Waals surface area contributed by atoms with Crippen LogP contribution in [0.4, 0.5) is 4.39 Å². The largest absolute Gasteiger partial charge is 0.455 e. The van der Waals surface area contributed by atoms with E-state index in [0.29, 0.717) is 11.2 Å². The maximum Gasteiger partial charge on any atom is 0.164 e. The van der Waals surface area contributed by atoms with Crippen molar-refractivity contribution in [3.8, 4) is 17.1 Å². The molecule has 3 aromatic carbocycles. The molecular formula is C28H22FN3O. The molecule has 0 spiro atoms. The molecule has 3 heterocycles. The van der Waals surface area contributed by atoms with Crippen LogP contribution in [0.5, 0.6) is 0 Å². The first-order valence-electron chi connectivity index (χ1n) is 11.0. The minimum absolute atomic E-state index is 0.0410. The maximum atomic E-state index is 13.9. The van der Waals surface area contributed by atoms with Crippen LogP contribution in [-0.4, -0.2) is 14.5 Å². The van der Waals surface area contributed by atoms with E-state index in [4.69, 9.17) is 14.4 Å². The summed E-state index contributed by atoms with van der Waals surface area (Å²) in [5, 5.41) is 1.81. The lowest BCUT2D eigenvalue weighted by molar-refractivity contribution is 0.588. The molecule has 162 valence electrons. The van der Waals surface area contributed by atoms with Crippen molar-refractivity contribution in [2.75, 3.05) is 0 Å². The highest BCUT2D eigenvalue weighted by Crippen LogP contribution is 2.38. The summed E-state index contributed by atoms with van der Waals surface area (Å²) in [6.07, 6.45) is 1.93. The molecule has 0 unspecified atom stereocenters. The molecule has 6 rings (SSSR count). The van der Waals surface area contributed by atoms with Crippen molar-refractivity contribution in [1.29, 1.82) is 0 Å². The molecule has 4 nitrogen and oxygen atoms in total. The van der Waals surface area contributed by atoms with Gasteiger partial charge < -0.3 is 4.42 Å². The zero-order valence-electron chi connectivity index (χ0n) is 18.6. The van der Waals surface area contributed by atoms with Gasteiger partial charge in [0.25, 0.3) is 0 Å². The van der Waals surface area contributed by atoms with Gasteiger partial charge in [-0.15, -0.1) is 0 Å². The summed E-state index contributed by atoms with van der Waals surface area (Å²) in [5.41, 5.74) is 5.68. The highest BCUT2D eigenvalue weighted by molar-refractivity contribution is 6.09. The van der Waals surface area contributed by atoms with Gasteiger partial charge in [-0.05, 0) is 47.4 Å². The van der Waals surface area contributed by atoms with Crippen LogP contribution in [0, 0.1) is 5.82 Å². The van der Waals surface area contributed by atoms with E-state index in [1.165, 1.54) is 12.1 Å². The number of hydrogen-bond donors (Lipinski definition) is 0. The molecule has 0 aliphatic carbocycles. The highest BCUT2D eigenvalue weighted by Gasteiger charge is 2.22. The van der Waals surface area contributed by atoms with E-state index < -0.39 is 0 Å². The summed E-state index contributed by atoms with van der Waals surface area (Å²) in [7, 11) is 0. The van der Waals surface area contributed by atoms with Gasteiger partial charge in [0.1, 0.15) is 22.5 Å². The van der Waals surface area contributed by atoms with Crippen LogP contribution in [0.15, 0.2) is 83.4 Å². The zero-order valence-corrected chi connectivity index (χ0v) is 18.6. The zero-order chi connectivity index (χ0) is 22.7. The number of para-hydroxylation sites is 2. The van der Waals surface area contributed by atoms with E-state index >= 15 is 0 Å². The van der Waals surface area contributed by atoms with Crippen molar-refractivity contribution in [3.05, 3.63) is 90.4 Å². The van der Waals surface area contributed by atoms with Gasteiger partial charge >= 0.3 is 0 Å². The minimum Gasteiger partial charge on any atom is -0.455 e. The van der Waals surface area contributed by atoms with E-state index in [9.17, 15) is 4.39 Å². The summed E-state index contributed by atoms with van der Waals surface area (Å²) in [6.45, 7) is 6.50. The Balaban J connectivity index is 1.70. The van der Waals surface area contributed by atoms with Crippen LogP contribution < -0.4 is 0 Å². The SMILES string of the molecule is CC(C)(C)c1cnc2c(c1)nc(-c1cccc3c1oc1cc(F)ccc13)n2-c1ccccc1. The van der Waals surface area contributed by atoms with Crippen molar-refractivity contribution in [2.24, 2.45) is 0 Å². The van der Waals surface area contributed by atoms with E-state index in [1.54, 1.807) is 6.07 Å². The lowest BCUT2D eigenvalue weighted by Crippen LogP contribution is -2.11. The standard InChI is InChI=1S/C28H22FN3O/c1-28(2,3)17-14-23-27(30-16-17)32(19-8-5-4-6-9-19)26(31-23)22-11-7-10-21-20-13-12-18(29)15-24(20)33-25(21)22/h4-16H,1-3H3. The average Bonchev–Trinajstić information content (AvgIpc) is 3.36. The Bertz CT molecular complexity index is 1660. The number of rotatable bonds is 2. The number of furan rings is 1. The number of fused-ring (bicyclic) bond motifs is 4. The van der Waals surface area contributed by atoms with E-state index in [1.807, 2.05) is 54.7 Å². The Hall–Kier alpha value is -3.99. The maximum absolute atomic E-state index is 13.9. The van der Waals surface area contributed by atoms with E-state index in [2.05, 4.69) is 31.4 Å². The third-order valence-corrected chi connectivity index (χ3v) is 6.08. The summed E-state index contributed by atoms with van der Waals surface area (Å²) in [6, 6.07) is 22.8. The first-order valence-corrected chi connectivity index (χ1v) is 11.0. The second-order valence-electron chi connectivity index (χ2n) is 9.35. The quantitative estimate of drug-likeness (QED) is 0.284. The molecule has 6 aromatic rings. The van der Waals surface area contributed by atoms with Crippen molar-refractivity contribution >= 4 is 33.1 Å². The number of halogens is 1. The molecule has 5 heteroatoms. The van der Waals surface area contributed by atoms with Gasteiger partial charge in [-0.3, -0.25) is 4.57 Å². The van der Waals surface area contributed by atoms with Crippen LogP contribution in [0.25, 0.3) is 50.2 Å². The molecule has 0 atom stereocenters. The van der Waals surface area contributed by atoms with Crippen molar-refractivity contribution in [3.63, 3.8) is 0 Å². The van der Waals surface area contributed by atoms with Crippen LogP contribution in [0.1, 0.15) is 26.3 Å². The Morgan fingerprint density at radius 1 is 0.879 bits per heavy atom. The van der Waals surface area contributed by atoms with Crippen molar-refractivity contribution in [1.82, 2.24) is 14.5 Å². The number of hydrogen-bond acceptors (Lipinski definition) is 3. The van der Waals surface area contributed by atoms with Gasteiger partial charge in [0.15, 0.2) is 11.5 Å². The van der Waals surface area contributed by atoms with Gasteiger partial charge in [-0.1, -0.05) is 51.1 Å². The number of nitrogens with zero attached hydrogens (tertiary/aromatic N) is 3. The van der Waals surface area contributed by atoms with Crippen LogP contribution >= 0.6 is 0 Å².